The number of nitrogens with two attached hydrogens (primary N) is 2. The highest BCUT2D eigenvalue weighted by Crippen LogP contribution is 2.29. The molecule has 2 rings (SSSR count). The van der Waals surface area contributed by atoms with Gasteiger partial charge in [-0.15, -0.1) is 0 Å². The predicted octanol–water partition coefficient (Wildman–Crippen LogP) is -0.304. The molecule has 94 valence electrons. The van der Waals surface area contributed by atoms with Gasteiger partial charge in [-0.3, -0.25) is 0 Å². The summed E-state index contributed by atoms with van der Waals surface area (Å²) in [6.07, 6.45) is 3.46. The number of nitrogens with zero attached hydrogens (tertiary/aromatic N) is 3. The van der Waals surface area contributed by atoms with Gasteiger partial charge in [0.2, 0.25) is 5.95 Å². The topological polar surface area (TPSA) is 113 Å². The van der Waals surface area contributed by atoms with E-state index in [0.29, 0.717) is 24.2 Å². The first-order chi connectivity index (χ1) is 8.24. The van der Waals surface area contributed by atoms with Gasteiger partial charge in [0.25, 0.3) is 0 Å². The van der Waals surface area contributed by atoms with Crippen LogP contribution < -0.4 is 21.9 Å². The molecular weight excluding hydrogens is 220 g/mol. The number of aliphatic hydroxyl groups excluding tert-OH is 1. The van der Waals surface area contributed by atoms with Gasteiger partial charge < -0.3 is 21.2 Å². The van der Waals surface area contributed by atoms with Crippen molar-refractivity contribution in [3.05, 3.63) is 6.07 Å². The maximum absolute atomic E-state index is 9.11. The van der Waals surface area contributed by atoms with E-state index in [1.165, 1.54) is 6.42 Å². The van der Waals surface area contributed by atoms with Crippen molar-refractivity contribution in [3.63, 3.8) is 0 Å². The third-order valence-electron chi connectivity index (χ3n) is 3.03. The average Bonchev–Trinajstić information content (AvgIpc) is 2.25. The summed E-state index contributed by atoms with van der Waals surface area (Å²) in [5, 5.41) is 9.11. The summed E-state index contributed by atoms with van der Waals surface area (Å²) in [5.74, 6) is 6.69. The minimum Gasteiger partial charge on any atom is -0.395 e. The van der Waals surface area contributed by atoms with E-state index in [-0.39, 0.29) is 12.6 Å². The molecule has 1 fully saturated rings. The smallest absolute Gasteiger partial charge is 0.223 e. The van der Waals surface area contributed by atoms with Crippen molar-refractivity contribution in [1.82, 2.24) is 9.97 Å². The van der Waals surface area contributed by atoms with Crippen LogP contribution in [0.25, 0.3) is 0 Å². The molecule has 0 aliphatic heterocycles. The van der Waals surface area contributed by atoms with E-state index in [2.05, 4.69) is 20.3 Å². The molecular formula is C10H18N6O. The Hall–Kier alpha value is -1.60. The first-order valence-corrected chi connectivity index (χ1v) is 5.73. The highest BCUT2D eigenvalue weighted by molar-refractivity contribution is 5.52. The van der Waals surface area contributed by atoms with Crippen LogP contribution in [0.3, 0.4) is 0 Å². The van der Waals surface area contributed by atoms with Crippen LogP contribution in [-0.4, -0.2) is 34.3 Å². The van der Waals surface area contributed by atoms with E-state index in [4.69, 9.17) is 16.7 Å². The largest absolute Gasteiger partial charge is 0.395 e. The first kappa shape index (κ1) is 11.9. The Kier molecular flexibility index (Phi) is 3.60. The number of aromatic nitrogens is 2. The molecule has 0 saturated heterocycles. The summed E-state index contributed by atoms with van der Waals surface area (Å²) in [7, 11) is 0. The third-order valence-corrected chi connectivity index (χ3v) is 3.03. The van der Waals surface area contributed by atoms with Gasteiger partial charge in [-0.25, -0.2) is 5.84 Å². The van der Waals surface area contributed by atoms with Gasteiger partial charge in [-0.1, -0.05) is 0 Å². The van der Waals surface area contributed by atoms with Crippen LogP contribution in [0.1, 0.15) is 19.3 Å². The lowest BCUT2D eigenvalue weighted by atomic mass is 9.91. The second-order valence-electron chi connectivity index (χ2n) is 4.12. The third kappa shape index (κ3) is 2.56. The van der Waals surface area contributed by atoms with E-state index in [0.717, 1.165) is 12.8 Å². The number of nitrogens with one attached hydrogen (secondary N) is 1. The lowest BCUT2D eigenvalue weighted by molar-refractivity contribution is 0.283. The molecule has 1 heterocycles. The summed E-state index contributed by atoms with van der Waals surface area (Å²) >= 11 is 0. The highest BCUT2D eigenvalue weighted by atomic mass is 16.3. The lowest BCUT2D eigenvalue weighted by Crippen LogP contribution is -2.42. The van der Waals surface area contributed by atoms with Crippen LogP contribution in [0.5, 0.6) is 0 Å². The minimum absolute atomic E-state index is 0.0891. The molecule has 0 atom stereocenters. The maximum Gasteiger partial charge on any atom is 0.223 e. The molecule has 6 N–H and O–H groups in total. The first-order valence-electron chi connectivity index (χ1n) is 5.73. The Bertz CT molecular complexity index is 381. The number of aliphatic hydroxyl groups is 1. The average molecular weight is 238 g/mol. The number of hydrogen-bond acceptors (Lipinski definition) is 7. The summed E-state index contributed by atoms with van der Waals surface area (Å²) in [6, 6.07) is 2.17. The summed E-state index contributed by atoms with van der Waals surface area (Å²) < 4.78 is 0. The number of hydrazine groups is 1. The van der Waals surface area contributed by atoms with Crippen molar-refractivity contribution in [1.29, 1.82) is 0 Å². The number of rotatable bonds is 5. The lowest BCUT2D eigenvalue weighted by Gasteiger charge is -2.38. The van der Waals surface area contributed by atoms with Crippen molar-refractivity contribution in [2.45, 2.75) is 25.3 Å². The van der Waals surface area contributed by atoms with E-state index in [1.807, 2.05) is 0 Å². The van der Waals surface area contributed by atoms with Gasteiger partial charge in [0.15, 0.2) is 0 Å². The normalized spacial score (nSPS) is 15.4. The molecule has 0 radical (unpaired) electrons. The highest BCUT2D eigenvalue weighted by Gasteiger charge is 2.26. The monoisotopic (exact) mass is 238 g/mol. The Morgan fingerprint density at radius 2 is 2.24 bits per heavy atom. The summed E-state index contributed by atoms with van der Waals surface area (Å²) in [5.41, 5.74) is 8.08. The molecule has 0 spiro atoms. The quantitative estimate of drug-likeness (QED) is 0.411. The van der Waals surface area contributed by atoms with Gasteiger partial charge >= 0.3 is 0 Å². The van der Waals surface area contributed by atoms with E-state index in [1.54, 1.807) is 6.07 Å². The van der Waals surface area contributed by atoms with E-state index < -0.39 is 0 Å². The zero-order valence-corrected chi connectivity index (χ0v) is 9.63. The van der Waals surface area contributed by atoms with Crippen LogP contribution in [-0.2, 0) is 0 Å². The molecule has 1 aromatic heterocycles. The molecule has 1 aliphatic rings. The fourth-order valence-electron chi connectivity index (χ4n) is 1.96. The summed E-state index contributed by atoms with van der Waals surface area (Å²) in [6.45, 7) is 0.636. The molecule has 0 aromatic carbocycles. The van der Waals surface area contributed by atoms with Crippen LogP contribution in [0.15, 0.2) is 6.07 Å². The Labute approximate surface area is 99.8 Å². The Morgan fingerprint density at radius 1 is 1.47 bits per heavy atom. The van der Waals surface area contributed by atoms with Gasteiger partial charge in [-0.05, 0) is 19.3 Å². The van der Waals surface area contributed by atoms with Crippen molar-refractivity contribution >= 4 is 17.6 Å². The Morgan fingerprint density at radius 3 is 2.76 bits per heavy atom. The van der Waals surface area contributed by atoms with Gasteiger partial charge in [0, 0.05) is 18.7 Å². The second kappa shape index (κ2) is 5.15. The van der Waals surface area contributed by atoms with E-state index >= 15 is 0 Å². The maximum atomic E-state index is 9.11. The Balaban J connectivity index is 2.24. The molecule has 7 heteroatoms. The molecule has 0 amide bonds. The van der Waals surface area contributed by atoms with Crippen molar-refractivity contribution in [2.75, 3.05) is 29.2 Å². The molecule has 0 bridgehead atoms. The van der Waals surface area contributed by atoms with Crippen LogP contribution in [0, 0.1) is 0 Å². The van der Waals surface area contributed by atoms with Crippen LogP contribution >= 0.6 is 0 Å². The van der Waals surface area contributed by atoms with Gasteiger partial charge in [-0.2, -0.15) is 9.97 Å². The zero-order valence-electron chi connectivity index (χ0n) is 9.63. The van der Waals surface area contributed by atoms with Crippen molar-refractivity contribution in [2.24, 2.45) is 5.84 Å². The van der Waals surface area contributed by atoms with Crippen LogP contribution in [0.4, 0.5) is 17.6 Å². The van der Waals surface area contributed by atoms with Crippen molar-refractivity contribution < 1.29 is 5.11 Å². The summed E-state index contributed by atoms with van der Waals surface area (Å²) in [4.78, 5) is 10.2. The van der Waals surface area contributed by atoms with E-state index in [9.17, 15) is 0 Å². The molecule has 1 aromatic rings. The van der Waals surface area contributed by atoms with Crippen molar-refractivity contribution in [3.8, 4) is 0 Å². The molecule has 7 nitrogen and oxygen atoms in total. The SMILES string of the molecule is NNc1cc(N(CCO)C2CCC2)nc(N)n1. The number of anilines is 3. The second-order valence-corrected chi connectivity index (χ2v) is 4.12. The minimum atomic E-state index is 0.0891. The fraction of sp³-hybridized carbons (Fsp3) is 0.600. The zero-order chi connectivity index (χ0) is 12.3. The van der Waals surface area contributed by atoms with Crippen LogP contribution in [0.2, 0.25) is 0 Å². The fourth-order valence-corrected chi connectivity index (χ4v) is 1.96. The number of hydrogen-bond donors (Lipinski definition) is 4. The standard InChI is InChI=1S/C10H18N6O/c11-10-13-8(15-12)6-9(14-10)16(4-5-17)7-2-1-3-7/h6-7,17H,1-5,12H2,(H3,11,13,14,15). The predicted molar refractivity (Wildman–Crippen MR) is 66.3 cm³/mol. The van der Waals surface area contributed by atoms with Gasteiger partial charge in [0.05, 0.1) is 6.61 Å². The number of nitrogen functional groups attached to an aromatic ring is 2. The molecule has 17 heavy (non-hydrogen) atoms. The van der Waals surface area contributed by atoms with Gasteiger partial charge in [0.1, 0.15) is 11.6 Å². The molecule has 0 unspecified atom stereocenters. The molecule has 1 aliphatic carbocycles. The molecule has 1 saturated carbocycles.